The van der Waals surface area contributed by atoms with E-state index in [4.69, 9.17) is 0 Å². The van der Waals surface area contributed by atoms with Gasteiger partial charge in [0, 0.05) is 15.3 Å². The van der Waals surface area contributed by atoms with Gasteiger partial charge < -0.3 is 5.32 Å². The van der Waals surface area contributed by atoms with E-state index in [1.807, 2.05) is 0 Å². The summed E-state index contributed by atoms with van der Waals surface area (Å²) in [7, 11) is -3.84. The normalized spacial score (nSPS) is 14.4. The van der Waals surface area contributed by atoms with Crippen molar-refractivity contribution >= 4 is 49.7 Å². The lowest BCUT2D eigenvalue weighted by atomic mass is 10.1. The Morgan fingerprint density at radius 2 is 1.76 bits per heavy atom. The quantitative estimate of drug-likeness (QED) is 0.482. The summed E-state index contributed by atoms with van der Waals surface area (Å²) < 4.78 is 69.3. The summed E-state index contributed by atoms with van der Waals surface area (Å²) in [5, 5.41) is 1.98. The van der Waals surface area contributed by atoms with Gasteiger partial charge in [-0.2, -0.15) is 0 Å². The number of nitrogens with one attached hydrogen (secondary N) is 2. The van der Waals surface area contributed by atoms with E-state index >= 15 is 0 Å². The molecule has 0 aromatic heterocycles. The second-order valence-electron chi connectivity index (χ2n) is 5.83. The van der Waals surface area contributed by atoms with Crippen LogP contribution in [0.25, 0.3) is 0 Å². The number of halogens is 4. The SMILES string of the molecule is Cc1cc(I)ccc1Nc1c(F)c(F)cc(F)c1NS(=O)(=O)C1CC1. The minimum absolute atomic E-state index is 0.325. The van der Waals surface area contributed by atoms with Crippen molar-refractivity contribution in [1.29, 1.82) is 0 Å². The molecule has 0 unspecified atom stereocenters. The highest BCUT2D eigenvalue weighted by molar-refractivity contribution is 14.1. The van der Waals surface area contributed by atoms with E-state index in [1.54, 1.807) is 25.1 Å². The fourth-order valence-electron chi connectivity index (χ4n) is 2.32. The average Bonchev–Trinajstić information content (AvgIpc) is 3.35. The molecule has 0 atom stereocenters. The lowest BCUT2D eigenvalue weighted by Crippen LogP contribution is -2.20. The van der Waals surface area contributed by atoms with Crippen LogP contribution in [-0.4, -0.2) is 13.7 Å². The van der Waals surface area contributed by atoms with E-state index in [0.717, 1.165) is 3.57 Å². The van der Waals surface area contributed by atoms with Gasteiger partial charge in [0.2, 0.25) is 10.0 Å². The molecule has 0 bridgehead atoms. The van der Waals surface area contributed by atoms with Gasteiger partial charge >= 0.3 is 0 Å². The topological polar surface area (TPSA) is 58.2 Å². The van der Waals surface area contributed by atoms with E-state index in [0.29, 0.717) is 30.2 Å². The van der Waals surface area contributed by atoms with Crippen LogP contribution in [0, 0.1) is 27.9 Å². The Morgan fingerprint density at radius 3 is 2.36 bits per heavy atom. The van der Waals surface area contributed by atoms with Gasteiger partial charge in [-0.15, -0.1) is 0 Å². The summed E-state index contributed by atoms with van der Waals surface area (Å²) in [5.41, 5.74) is -0.0714. The molecule has 0 amide bonds. The van der Waals surface area contributed by atoms with Crippen LogP contribution >= 0.6 is 22.6 Å². The molecule has 0 saturated heterocycles. The van der Waals surface area contributed by atoms with Crippen molar-refractivity contribution in [2.75, 3.05) is 10.0 Å². The molecule has 9 heteroatoms. The van der Waals surface area contributed by atoms with Gasteiger partial charge in [0.05, 0.1) is 5.25 Å². The highest BCUT2D eigenvalue weighted by atomic mass is 127. The second-order valence-corrected chi connectivity index (χ2v) is 9.04. The fourth-order valence-corrected chi connectivity index (χ4v) is 4.37. The van der Waals surface area contributed by atoms with Crippen molar-refractivity contribution in [2.24, 2.45) is 0 Å². The van der Waals surface area contributed by atoms with Crippen LogP contribution in [0.1, 0.15) is 18.4 Å². The Hall–Kier alpha value is -1.49. The molecule has 4 nitrogen and oxygen atoms in total. The summed E-state index contributed by atoms with van der Waals surface area (Å²) in [5.74, 6) is -3.95. The molecule has 1 aliphatic carbocycles. The third-order valence-corrected chi connectivity index (χ3v) is 6.34. The van der Waals surface area contributed by atoms with Gasteiger partial charge in [0.25, 0.3) is 0 Å². The third-order valence-electron chi connectivity index (χ3n) is 3.83. The predicted molar refractivity (Wildman–Crippen MR) is 99.1 cm³/mol. The number of sulfonamides is 1. The monoisotopic (exact) mass is 482 g/mol. The average molecular weight is 482 g/mol. The molecule has 1 saturated carbocycles. The van der Waals surface area contributed by atoms with Crippen molar-refractivity contribution in [1.82, 2.24) is 0 Å². The summed E-state index contributed by atoms with van der Waals surface area (Å²) in [6, 6.07) is 5.48. The predicted octanol–water partition coefficient (Wildman–Crippen LogP) is 4.66. The van der Waals surface area contributed by atoms with Crippen LogP contribution in [0.2, 0.25) is 0 Å². The van der Waals surface area contributed by atoms with Crippen LogP contribution < -0.4 is 10.0 Å². The maximum absolute atomic E-state index is 14.3. The van der Waals surface area contributed by atoms with Crippen LogP contribution in [0.5, 0.6) is 0 Å². The first kappa shape index (κ1) is 18.3. The fraction of sp³-hybridized carbons (Fsp3) is 0.250. The number of anilines is 3. The minimum atomic E-state index is -3.84. The second kappa shape index (κ2) is 6.67. The molecule has 1 aliphatic rings. The Balaban J connectivity index is 2.07. The van der Waals surface area contributed by atoms with Crippen LogP contribution in [0.4, 0.5) is 30.2 Å². The molecule has 0 spiro atoms. The van der Waals surface area contributed by atoms with Gasteiger partial charge in [-0.05, 0) is 66.1 Å². The van der Waals surface area contributed by atoms with E-state index in [1.165, 1.54) is 0 Å². The largest absolute Gasteiger partial charge is 0.351 e. The van der Waals surface area contributed by atoms with E-state index in [-0.39, 0.29) is 0 Å². The Morgan fingerprint density at radius 1 is 1.08 bits per heavy atom. The standard InChI is InChI=1S/C16H14F3IN2O2S/c1-8-6-9(20)2-5-13(8)21-16-14(19)11(17)7-12(18)15(16)22-25(23,24)10-3-4-10/h2,5-7,10,21-22H,3-4H2,1H3. The van der Waals surface area contributed by atoms with Crippen molar-refractivity contribution < 1.29 is 21.6 Å². The summed E-state index contributed by atoms with van der Waals surface area (Å²) in [6.07, 6.45) is 0.916. The maximum Gasteiger partial charge on any atom is 0.235 e. The lowest BCUT2D eigenvalue weighted by molar-refractivity contribution is 0.499. The smallest absolute Gasteiger partial charge is 0.235 e. The molecule has 134 valence electrons. The molecular formula is C16H14F3IN2O2S. The molecule has 0 radical (unpaired) electrons. The molecule has 1 fully saturated rings. The molecule has 2 aromatic carbocycles. The first-order chi connectivity index (χ1) is 11.7. The first-order valence-corrected chi connectivity index (χ1v) is 10.0. The van der Waals surface area contributed by atoms with E-state index < -0.39 is 44.1 Å². The van der Waals surface area contributed by atoms with Crippen molar-refractivity contribution in [3.63, 3.8) is 0 Å². The van der Waals surface area contributed by atoms with Crippen molar-refractivity contribution in [3.8, 4) is 0 Å². The molecular weight excluding hydrogens is 468 g/mol. The van der Waals surface area contributed by atoms with E-state index in [2.05, 4.69) is 32.6 Å². The minimum Gasteiger partial charge on any atom is -0.351 e. The van der Waals surface area contributed by atoms with Crippen LogP contribution in [0.3, 0.4) is 0 Å². The molecule has 3 rings (SSSR count). The molecule has 0 aliphatic heterocycles. The van der Waals surface area contributed by atoms with Crippen LogP contribution in [-0.2, 0) is 10.0 Å². The zero-order chi connectivity index (χ0) is 18.4. The first-order valence-electron chi connectivity index (χ1n) is 7.41. The Bertz CT molecular complexity index is 947. The zero-order valence-electron chi connectivity index (χ0n) is 13.0. The summed E-state index contributed by atoms with van der Waals surface area (Å²) >= 11 is 2.10. The highest BCUT2D eigenvalue weighted by Crippen LogP contribution is 2.37. The van der Waals surface area contributed by atoms with Gasteiger partial charge in [-0.3, -0.25) is 4.72 Å². The lowest BCUT2D eigenvalue weighted by Gasteiger charge is -2.17. The van der Waals surface area contributed by atoms with Crippen molar-refractivity contribution in [2.45, 2.75) is 25.0 Å². The van der Waals surface area contributed by atoms with Crippen molar-refractivity contribution in [3.05, 3.63) is 50.9 Å². The van der Waals surface area contributed by atoms with Crippen LogP contribution in [0.15, 0.2) is 24.3 Å². The summed E-state index contributed by atoms with van der Waals surface area (Å²) in [4.78, 5) is 0. The Kier molecular flexibility index (Phi) is 4.89. The molecule has 25 heavy (non-hydrogen) atoms. The number of aryl methyl sites for hydroxylation is 1. The number of benzene rings is 2. The Labute approximate surface area is 157 Å². The third kappa shape index (κ3) is 3.86. The number of hydrogen-bond acceptors (Lipinski definition) is 3. The molecule has 2 aromatic rings. The molecule has 0 heterocycles. The number of rotatable bonds is 5. The highest BCUT2D eigenvalue weighted by Gasteiger charge is 2.37. The zero-order valence-corrected chi connectivity index (χ0v) is 16.0. The van der Waals surface area contributed by atoms with Gasteiger partial charge in [0.15, 0.2) is 17.5 Å². The van der Waals surface area contributed by atoms with Gasteiger partial charge in [-0.1, -0.05) is 0 Å². The van der Waals surface area contributed by atoms with Gasteiger partial charge in [-0.25, -0.2) is 21.6 Å². The summed E-state index contributed by atoms with van der Waals surface area (Å²) in [6.45, 7) is 1.74. The molecule has 2 N–H and O–H groups in total. The van der Waals surface area contributed by atoms with Gasteiger partial charge in [0.1, 0.15) is 11.4 Å². The number of hydrogen-bond donors (Lipinski definition) is 2. The maximum atomic E-state index is 14.3. The van der Waals surface area contributed by atoms with E-state index in [9.17, 15) is 21.6 Å².